The number of carbonyl (C=O) groups excluding carboxylic acids is 3. The van der Waals surface area contributed by atoms with Gasteiger partial charge in [0.2, 0.25) is 11.8 Å². The van der Waals surface area contributed by atoms with Crippen molar-refractivity contribution in [1.82, 2.24) is 15.5 Å². The minimum Gasteiger partial charge on any atom is -0.352 e. The molecule has 1 aliphatic rings. The van der Waals surface area contributed by atoms with Crippen LogP contribution in [0, 0.1) is 12.8 Å². The summed E-state index contributed by atoms with van der Waals surface area (Å²) in [4.78, 5) is 39.6. The molecule has 1 heterocycles. The van der Waals surface area contributed by atoms with Gasteiger partial charge in [0.05, 0.1) is 0 Å². The quantitative estimate of drug-likeness (QED) is 0.755. The zero-order valence-electron chi connectivity index (χ0n) is 17.5. The first-order chi connectivity index (χ1) is 13.4. The van der Waals surface area contributed by atoms with Crippen molar-refractivity contribution in [1.29, 1.82) is 0 Å². The van der Waals surface area contributed by atoms with Crippen LogP contribution in [0.25, 0.3) is 0 Å². The van der Waals surface area contributed by atoms with Gasteiger partial charge in [-0.3, -0.25) is 14.4 Å². The number of amides is 3. The molecule has 6 heteroatoms. The maximum atomic E-state index is 12.9. The number of likely N-dealkylation sites (tertiary alicyclic amines) is 1. The average molecular weight is 388 g/mol. The molecule has 0 aromatic heterocycles. The zero-order valence-corrected chi connectivity index (χ0v) is 17.5. The molecule has 1 aromatic carbocycles. The van der Waals surface area contributed by atoms with Crippen LogP contribution in [-0.2, 0) is 9.59 Å². The fraction of sp³-hybridized carbons (Fsp3) is 0.591. The fourth-order valence-electron chi connectivity index (χ4n) is 3.58. The smallest absolute Gasteiger partial charge is 0.252 e. The molecule has 154 valence electrons. The summed E-state index contributed by atoms with van der Waals surface area (Å²) in [6.45, 7) is 8.98. The highest BCUT2D eigenvalue weighted by atomic mass is 16.2. The average Bonchev–Trinajstić information content (AvgIpc) is 2.71. The summed E-state index contributed by atoms with van der Waals surface area (Å²) < 4.78 is 0. The molecule has 0 unspecified atom stereocenters. The number of carbonyl (C=O) groups is 3. The lowest BCUT2D eigenvalue weighted by molar-refractivity contribution is -0.132. The molecule has 0 aliphatic carbocycles. The Morgan fingerprint density at radius 3 is 2.32 bits per heavy atom. The van der Waals surface area contributed by atoms with Gasteiger partial charge in [-0.1, -0.05) is 32.0 Å². The maximum absolute atomic E-state index is 12.9. The van der Waals surface area contributed by atoms with Crippen molar-refractivity contribution in [3.05, 3.63) is 35.4 Å². The van der Waals surface area contributed by atoms with E-state index in [0.29, 0.717) is 37.9 Å². The Morgan fingerprint density at radius 1 is 1.11 bits per heavy atom. The van der Waals surface area contributed by atoms with E-state index in [1.54, 1.807) is 6.07 Å². The Morgan fingerprint density at radius 2 is 1.75 bits per heavy atom. The maximum Gasteiger partial charge on any atom is 0.252 e. The Kier molecular flexibility index (Phi) is 8.03. The van der Waals surface area contributed by atoms with Crippen LogP contribution in [0.3, 0.4) is 0 Å². The Balaban J connectivity index is 2.13. The predicted octanol–water partition coefficient (Wildman–Crippen LogP) is 2.66. The standard InChI is InChI=1S/C22H33N3O3/c1-5-16(4)23-22(28)20(17-11-13-25(14-12-17)19(26)6-2)24-21(27)18-10-8-7-9-15(18)3/h7-10,16-17,20H,5-6,11-14H2,1-4H3,(H,23,28)(H,24,27)/t16-,20-/m0/s1. The van der Waals surface area contributed by atoms with Gasteiger partial charge >= 0.3 is 0 Å². The van der Waals surface area contributed by atoms with Crippen molar-refractivity contribution in [2.24, 2.45) is 5.92 Å². The summed E-state index contributed by atoms with van der Waals surface area (Å²) in [6.07, 6.45) is 2.73. The van der Waals surface area contributed by atoms with E-state index in [-0.39, 0.29) is 29.7 Å². The third-order valence-electron chi connectivity index (χ3n) is 5.63. The molecule has 1 saturated heterocycles. The summed E-state index contributed by atoms with van der Waals surface area (Å²) in [5.41, 5.74) is 1.46. The normalized spacial score (nSPS) is 16.9. The van der Waals surface area contributed by atoms with Crippen LogP contribution in [0.15, 0.2) is 24.3 Å². The lowest BCUT2D eigenvalue weighted by Crippen LogP contribution is -2.55. The Labute approximate surface area is 168 Å². The first kappa shape index (κ1) is 21.9. The Hall–Kier alpha value is -2.37. The summed E-state index contributed by atoms with van der Waals surface area (Å²) in [5.74, 6) is -0.216. The van der Waals surface area contributed by atoms with E-state index in [9.17, 15) is 14.4 Å². The number of hydrogen-bond acceptors (Lipinski definition) is 3. The van der Waals surface area contributed by atoms with Crippen LogP contribution in [0.1, 0.15) is 62.4 Å². The van der Waals surface area contributed by atoms with E-state index in [0.717, 1.165) is 12.0 Å². The largest absolute Gasteiger partial charge is 0.352 e. The topological polar surface area (TPSA) is 78.5 Å². The van der Waals surface area contributed by atoms with Gasteiger partial charge < -0.3 is 15.5 Å². The van der Waals surface area contributed by atoms with Gasteiger partial charge in [0.1, 0.15) is 6.04 Å². The second-order valence-electron chi connectivity index (χ2n) is 7.66. The van der Waals surface area contributed by atoms with E-state index in [2.05, 4.69) is 10.6 Å². The molecule has 0 radical (unpaired) electrons. The van der Waals surface area contributed by atoms with Crippen LogP contribution in [0.4, 0.5) is 0 Å². The van der Waals surface area contributed by atoms with Crippen molar-refractivity contribution < 1.29 is 14.4 Å². The van der Waals surface area contributed by atoms with Gasteiger partial charge in [0.25, 0.3) is 5.91 Å². The SMILES string of the molecule is CCC(=O)N1CCC([C@H](NC(=O)c2ccccc2C)C(=O)N[C@@H](C)CC)CC1. The molecule has 1 aromatic rings. The minimum atomic E-state index is -0.597. The van der Waals surface area contributed by atoms with Crippen molar-refractivity contribution in [3.8, 4) is 0 Å². The van der Waals surface area contributed by atoms with Crippen LogP contribution in [0.2, 0.25) is 0 Å². The fourth-order valence-corrected chi connectivity index (χ4v) is 3.58. The lowest BCUT2D eigenvalue weighted by Gasteiger charge is -2.36. The number of piperidine rings is 1. The van der Waals surface area contributed by atoms with Crippen LogP contribution < -0.4 is 10.6 Å². The van der Waals surface area contributed by atoms with Crippen LogP contribution >= 0.6 is 0 Å². The number of nitrogens with one attached hydrogen (secondary N) is 2. The van der Waals surface area contributed by atoms with Gasteiger partial charge in [-0.05, 0) is 50.7 Å². The van der Waals surface area contributed by atoms with Crippen LogP contribution in [0.5, 0.6) is 0 Å². The number of hydrogen-bond donors (Lipinski definition) is 2. The molecule has 6 nitrogen and oxygen atoms in total. The zero-order chi connectivity index (χ0) is 20.7. The third-order valence-corrected chi connectivity index (χ3v) is 5.63. The first-order valence-electron chi connectivity index (χ1n) is 10.3. The van der Waals surface area contributed by atoms with E-state index in [1.165, 1.54) is 0 Å². The van der Waals surface area contributed by atoms with Crippen molar-refractivity contribution in [2.45, 2.75) is 65.5 Å². The van der Waals surface area contributed by atoms with Gasteiger partial charge in [-0.15, -0.1) is 0 Å². The summed E-state index contributed by atoms with van der Waals surface area (Å²) in [7, 11) is 0. The van der Waals surface area contributed by atoms with Crippen LogP contribution in [-0.4, -0.2) is 47.8 Å². The highest BCUT2D eigenvalue weighted by molar-refractivity contribution is 5.98. The first-order valence-corrected chi connectivity index (χ1v) is 10.3. The number of nitrogens with zero attached hydrogens (tertiary/aromatic N) is 1. The molecular formula is C22H33N3O3. The van der Waals surface area contributed by atoms with Gasteiger partial charge in [-0.2, -0.15) is 0 Å². The van der Waals surface area contributed by atoms with Crippen molar-refractivity contribution >= 4 is 17.7 Å². The molecule has 1 aliphatic heterocycles. The highest BCUT2D eigenvalue weighted by Crippen LogP contribution is 2.22. The third kappa shape index (κ3) is 5.57. The molecule has 0 bridgehead atoms. The van der Waals surface area contributed by atoms with E-state index in [1.807, 2.05) is 50.8 Å². The summed E-state index contributed by atoms with van der Waals surface area (Å²) >= 11 is 0. The summed E-state index contributed by atoms with van der Waals surface area (Å²) in [6, 6.07) is 6.83. The van der Waals surface area contributed by atoms with Gasteiger partial charge in [0, 0.05) is 31.1 Å². The van der Waals surface area contributed by atoms with Gasteiger partial charge in [-0.25, -0.2) is 0 Å². The predicted molar refractivity (Wildman–Crippen MR) is 110 cm³/mol. The molecule has 1 fully saturated rings. The molecule has 2 atom stereocenters. The molecule has 3 amide bonds. The second-order valence-corrected chi connectivity index (χ2v) is 7.66. The monoisotopic (exact) mass is 387 g/mol. The molecule has 28 heavy (non-hydrogen) atoms. The second kappa shape index (κ2) is 10.2. The molecule has 2 N–H and O–H groups in total. The highest BCUT2D eigenvalue weighted by Gasteiger charge is 2.34. The Bertz CT molecular complexity index is 696. The summed E-state index contributed by atoms with van der Waals surface area (Å²) in [5, 5.41) is 5.99. The van der Waals surface area contributed by atoms with E-state index in [4.69, 9.17) is 0 Å². The van der Waals surface area contributed by atoms with Crippen molar-refractivity contribution in [3.63, 3.8) is 0 Å². The molecular weight excluding hydrogens is 354 g/mol. The number of aryl methyl sites for hydroxylation is 1. The number of benzene rings is 1. The van der Waals surface area contributed by atoms with Gasteiger partial charge in [0.15, 0.2) is 0 Å². The van der Waals surface area contributed by atoms with E-state index < -0.39 is 6.04 Å². The van der Waals surface area contributed by atoms with E-state index >= 15 is 0 Å². The minimum absolute atomic E-state index is 0.0120. The molecule has 0 spiro atoms. The number of rotatable bonds is 7. The lowest BCUT2D eigenvalue weighted by atomic mass is 9.88. The molecule has 2 rings (SSSR count). The van der Waals surface area contributed by atoms with Crippen molar-refractivity contribution in [2.75, 3.05) is 13.1 Å². The molecule has 0 saturated carbocycles.